The maximum absolute atomic E-state index is 12.5. The molecule has 2 aliphatic rings. The number of nitrogens with one attached hydrogen (secondary N) is 2. The molecule has 2 amide bonds. The highest BCUT2D eigenvalue weighted by atomic mass is 35.5. The van der Waals surface area contributed by atoms with E-state index in [-0.39, 0.29) is 11.8 Å². The first-order valence-corrected chi connectivity index (χ1v) is 9.01. The Morgan fingerprint density at radius 3 is 2.46 bits per heavy atom. The molecule has 0 spiro atoms. The van der Waals surface area contributed by atoms with E-state index in [1.165, 1.54) is 18.4 Å². The third-order valence-corrected chi connectivity index (χ3v) is 5.09. The van der Waals surface area contributed by atoms with E-state index < -0.39 is 5.41 Å². The Balaban J connectivity index is 1.50. The van der Waals surface area contributed by atoms with Crippen molar-refractivity contribution in [2.24, 2.45) is 5.41 Å². The summed E-state index contributed by atoms with van der Waals surface area (Å²) in [4.78, 5) is 24.9. The second kappa shape index (κ2) is 7.39. The molecule has 0 atom stereocenters. The fraction of sp³-hybridized carbons (Fsp3) is 0.474. The van der Waals surface area contributed by atoms with Crippen LogP contribution in [-0.4, -0.2) is 18.4 Å². The van der Waals surface area contributed by atoms with Crippen LogP contribution in [0, 0.1) is 5.41 Å². The van der Waals surface area contributed by atoms with Gasteiger partial charge in [-0.2, -0.15) is 0 Å². The molecule has 0 heterocycles. The first-order chi connectivity index (χ1) is 11.6. The number of benzene rings is 1. The van der Waals surface area contributed by atoms with Crippen molar-refractivity contribution in [3.63, 3.8) is 0 Å². The van der Waals surface area contributed by atoms with E-state index in [0.29, 0.717) is 30.1 Å². The molecule has 1 aromatic rings. The number of anilines is 1. The molecule has 0 bridgehead atoms. The second-order valence-corrected chi connectivity index (χ2v) is 7.09. The molecule has 0 saturated heterocycles. The van der Waals surface area contributed by atoms with E-state index in [0.717, 1.165) is 19.3 Å². The SMILES string of the molecule is O=C(NCCC1=CCCCC1)C1(C(=O)Nc2ccc(Cl)cc2)CC1. The molecule has 5 heteroatoms. The lowest BCUT2D eigenvalue weighted by molar-refractivity contribution is -0.134. The molecular weight excluding hydrogens is 324 g/mol. The summed E-state index contributed by atoms with van der Waals surface area (Å²) in [5.41, 5.74) is 1.20. The van der Waals surface area contributed by atoms with Gasteiger partial charge in [-0.05, 0) is 69.2 Å². The van der Waals surface area contributed by atoms with Crippen molar-refractivity contribution < 1.29 is 9.59 Å². The van der Waals surface area contributed by atoms with Crippen LogP contribution in [0.4, 0.5) is 5.69 Å². The van der Waals surface area contributed by atoms with Gasteiger partial charge in [0.05, 0.1) is 0 Å². The molecule has 2 N–H and O–H groups in total. The van der Waals surface area contributed by atoms with Crippen LogP contribution in [-0.2, 0) is 9.59 Å². The second-order valence-electron chi connectivity index (χ2n) is 6.66. The molecular formula is C19H23ClN2O2. The molecule has 3 rings (SSSR count). The Bertz CT molecular complexity index is 648. The lowest BCUT2D eigenvalue weighted by Gasteiger charge is -2.17. The summed E-state index contributed by atoms with van der Waals surface area (Å²) >= 11 is 5.84. The lowest BCUT2D eigenvalue weighted by atomic mass is 9.97. The first-order valence-electron chi connectivity index (χ1n) is 8.63. The number of rotatable bonds is 6. The number of halogens is 1. The molecule has 0 aliphatic heterocycles. The summed E-state index contributed by atoms with van der Waals surface area (Å²) in [6.07, 6.45) is 9.20. The maximum atomic E-state index is 12.5. The van der Waals surface area contributed by atoms with Gasteiger partial charge in [-0.3, -0.25) is 9.59 Å². The minimum absolute atomic E-state index is 0.148. The first kappa shape index (κ1) is 17.0. The van der Waals surface area contributed by atoms with Crippen LogP contribution in [0.2, 0.25) is 5.02 Å². The van der Waals surface area contributed by atoms with Gasteiger partial charge in [0.25, 0.3) is 0 Å². The highest BCUT2D eigenvalue weighted by Gasteiger charge is 2.56. The Morgan fingerprint density at radius 2 is 1.83 bits per heavy atom. The maximum Gasteiger partial charge on any atom is 0.240 e. The van der Waals surface area contributed by atoms with Crippen LogP contribution in [0.3, 0.4) is 0 Å². The van der Waals surface area contributed by atoms with Crippen LogP contribution in [0.15, 0.2) is 35.9 Å². The lowest BCUT2D eigenvalue weighted by Crippen LogP contribution is -2.40. The highest BCUT2D eigenvalue weighted by molar-refractivity contribution is 6.30. The predicted octanol–water partition coefficient (Wildman–Crippen LogP) is 4.07. The van der Waals surface area contributed by atoms with E-state index in [2.05, 4.69) is 16.7 Å². The van der Waals surface area contributed by atoms with Crippen molar-refractivity contribution >= 4 is 29.1 Å². The standard InChI is InChI=1S/C19H23ClN2O2/c20-15-6-8-16(9-7-15)22-18(24)19(11-12-19)17(23)21-13-10-14-4-2-1-3-5-14/h4,6-9H,1-3,5,10-13H2,(H,21,23)(H,22,24). The van der Waals surface area contributed by atoms with Crippen molar-refractivity contribution in [3.8, 4) is 0 Å². The number of allylic oxidation sites excluding steroid dienone is 1. The molecule has 0 aromatic heterocycles. The molecule has 0 unspecified atom stereocenters. The zero-order valence-corrected chi connectivity index (χ0v) is 14.5. The van der Waals surface area contributed by atoms with Crippen LogP contribution < -0.4 is 10.6 Å². The summed E-state index contributed by atoms with van der Waals surface area (Å²) in [5, 5.41) is 6.38. The molecule has 1 aromatic carbocycles. The molecule has 2 aliphatic carbocycles. The fourth-order valence-corrected chi connectivity index (χ4v) is 3.23. The largest absolute Gasteiger partial charge is 0.355 e. The van der Waals surface area contributed by atoms with E-state index in [4.69, 9.17) is 11.6 Å². The van der Waals surface area contributed by atoms with Crippen molar-refractivity contribution in [3.05, 3.63) is 40.9 Å². The van der Waals surface area contributed by atoms with Crippen molar-refractivity contribution in [2.75, 3.05) is 11.9 Å². The summed E-state index contributed by atoms with van der Waals surface area (Å²) < 4.78 is 0. The van der Waals surface area contributed by atoms with E-state index >= 15 is 0 Å². The Morgan fingerprint density at radius 1 is 1.08 bits per heavy atom. The molecule has 128 valence electrons. The number of hydrogen-bond donors (Lipinski definition) is 2. The molecule has 4 nitrogen and oxygen atoms in total. The minimum atomic E-state index is -0.888. The Kier molecular flexibility index (Phi) is 5.24. The Hall–Kier alpha value is -1.81. The van der Waals surface area contributed by atoms with Gasteiger partial charge < -0.3 is 10.6 Å². The molecule has 24 heavy (non-hydrogen) atoms. The van der Waals surface area contributed by atoms with Gasteiger partial charge in [-0.1, -0.05) is 23.3 Å². The summed E-state index contributed by atoms with van der Waals surface area (Å²) in [5.74, 6) is -0.371. The highest BCUT2D eigenvalue weighted by Crippen LogP contribution is 2.46. The smallest absolute Gasteiger partial charge is 0.240 e. The fourth-order valence-electron chi connectivity index (χ4n) is 3.10. The third kappa shape index (κ3) is 3.99. The normalized spacial score (nSPS) is 18.5. The van der Waals surface area contributed by atoms with Crippen LogP contribution >= 0.6 is 11.6 Å². The van der Waals surface area contributed by atoms with E-state index in [1.54, 1.807) is 24.3 Å². The summed E-state index contributed by atoms with van der Waals surface area (Å²) in [7, 11) is 0. The van der Waals surface area contributed by atoms with Gasteiger partial charge in [-0.25, -0.2) is 0 Å². The number of hydrogen-bond acceptors (Lipinski definition) is 2. The Labute approximate surface area is 147 Å². The van der Waals surface area contributed by atoms with Gasteiger partial charge in [-0.15, -0.1) is 0 Å². The van der Waals surface area contributed by atoms with E-state index in [1.807, 2.05) is 0 Å². The van der Waals surface area contributed by atoms with Crippen LogP contribution in [0.25, 0.3) is 0 Å². The van der Waals surface area contributed by atoms with Gasteiger partial charge in [0.2, 0.25) is 11.8 Å². The zero-order valence-electron chi connectivity index (χ0n) is 13.7. The van der Waals surface area contributed by atoms with Gasteiger partial charge in [0.1, 0.15) is 5.41 Å². The number of amides is 2. The van der Waals surface area contributed by atoms with Gasteiger partial charge in [0.15, 0.2) is 0 Å². The average Bonchev–Trinajstić information content (AvgIpc) is 3.40. The average molecular weight is 347 g/mol. The van der Waals surface area contributed by atoms with Crippen molar-refractivity contribution in [1.82, 2.24) is 5.32 Å². The van der Waals surface area contributed by atoms with E-state index in [9.17, 15) is 9.59 Å². The predicted molar refractivity (Wildman–Crippen MR) is 95.9 cm³/mol. The topological polar surface area (TPSA) is 58.2 Å². The van der Waals surface area contributed by atoms with Crippen LogP contribution in [0.5, 0.6) is 0 Å². The molecule has 0 radical (unpaired) electrons. The minimum Gasteiger partial charge on any atom is -0.355 e. The number of carbonyl (C=O) groups excluding carboxylic acids is 2. The van der Waals surface area contributed by atoms with Crippen molar-refractivity contribution in [2.45, 2.75) is 44.9 Å². The monoisotopic (exact) mass is 346 g/mol. The molecule has 1 fully saturated rings. The number of carbonyl (C=O) groups is 2. The zero-order chi connectivity index (χ0) is 17.0. The quantitative estimate of drug-likeness (QED) is 0.602. The van der Waals surface area contributed by atoms with Gasteiger partial charge in [0, 0.05) is 17.3 Å². The van der Waals surface area contributed by atoms with Crippen molar-refractivity contribution in [1.29, 1.82) is 0 Å². The molecule has 1 saturated carbocycles. The van der Waals surface area contributed by atoms with Crippen LogP contribution in [0.1, 0.15) is 44.9 Å². The van der Waals surface area contributed by atoms with Gasteiger partial charge >= 0.3 is 0 Å². The summed E-state index contributed by atoms with van der Waals surface area (Å²) in [6, 6.07) is 6.91. The summed E-state index contributed by atoms with van der Waals surface area (Å²) in [6.45, 7) is 0.612. The third-order valence-electron chi connectivity index (χ3n) is 4.84.